The molecule has 122 valence electrons. The summed E-state index contributed by atoms with van der Waals surface area (Å²) in [5.74, 6) is -0.288. The highest BCUT2D eigenvalue weighted by atomic mass is 35.5. The fraction of sp³-hybridized carbons (Fsp3) is 0.312. The topological polar surface area (TPSA) is 47.6 Å². The van der Waals surface area contributed by atoms with E-state index in [-0.39, 0.29) is 12.2 Å². The van der Waals surface area contributed by atoms with Gasteiger partial charge in [0.15, 0.2) is 6.29 Å². The number of ether oxygens (including phenoxy) is 1. The molecule has 0 bridgehead atoms. The molecule has 0 spiro atoms. The molecule has 1 fully saturated rings. The molecule has 3 rings (SSSR count). The number of carbonyl (C=O) groups excluding carboxylic acids is 1. The van der Waals surface area contributed by atoms with Gasteiger partial charge >= 0.3 is 0 Å². The second-order valence-corrected chi connectivity index (χ2v) is 7.12. The number of thiophene rings is 1. The number of amides is 1. The Hall–Kier alpha value is -1.11. The van der Waals surface area contributed by atoms with Gasteiger partial charge in [-0.3, -0.25) is 4.79 Å². The van der Waals surface area contributed by atoms with Crippen LogP contribution in [0, 0.1) is 0 Å². The Morgan fingerprint density at radius 1 is 1.22 bits per heavy atom. The largest absolute Gasteiger partial charge is 0.350 e. The number of carbonyl (C=O) groups is 1. The lowest BCUT2D eigenvalue weighted by molar-refractivity contribution is -0.186. The maximum absolute atomic E-state index is 12.1. The van der Waals surface area contributed by atoms with Crippen LogP contribution in [-0.2, 0) is 9.57 Å². The summed E-state index contributed by atoms with van der Waals surface area (Å²) in [6, 6.07) is 8.90. The van der Waals surface area contributed by atoms with Crippen LogP contribution in [0.15, 0.2) is 30.3 Å². The van der Waals surface area contributed by atoms with E-state index in [2.05, 4.69) is 5.48 Å². The van der Waals surface area contributed by atoms with Crippen molar-refractivity contribution in [1.82, 2.24) is 5.48 Å². The summed E-state index contributed by atoms with van der Waals surface area (Å²) in [6.07, 6.45) is 2.50. The summed E-state index contributed by atoms with van der Waals surface area (Å²) in [5, 5.41) is 1.12. The van der Waals surface area contributed by atoms with Crippen molar-refractivity contribution in [1.29, 1.82) is 0 Å². The van der Waals surface area contributed by atoms with Crippen LogP contribution in [0.4, 0.5) is 0 Å². The van der Waals surface area contributed by atoms with Crippen molar-refractivity contribution >= 4 is 40.4 Å². The van der Waals surface area contributed by atoms with Crippen LogP contribution in [0.3, 0.4) is 0 Å². The van der Waals surface area contributed by atoms with Gasteiger partial charge in [-0.05, 0) is 48.7 Å². The lowest BCUT2D eigenvalue weighted by Gasteiger charge is -2.21. The van der Waals surface area contributed by atoms with Crippen LogP contribution in [0.2, 0.25) is 10.0 Å². The molecule has 1 saturated heterocycles. The molecule has 2 heterocycles. The van der Waals surface area contributed by atoms with Gasteiger partial charge in [0.1, 0.15) is 0 Å². The number of hydrogen-bond acceptors (Lipinski definition) is 4. The summed E-state index contributed by atoms with van der Waals surface area (Å²) >= 11 is 13.4. The molecular formula is C16H15Cl2NO3S. The lowest BCUT2D eigenvalue weighted by atomic mass is 10.2. The van der Waals surface area contributed by atoms with E-state index in [1.54, 1.807) is 12.1 Å². The SMILES string of the molecule is O=C(NO[C@@H]1CCCCO1)c1ccc(-c2cc(Cl)cc(Cl)c2)s1. The highest BCUT2D eigenvalue weighted by Gasteiger charge is 2.17. The zero-order valence-electron chi connectivity index (χ0n) is 12.2. The standard InChI is InChI=1S/C16H15Cl2NO3S/c17-11-7-10(8-12(18)9-11)13-4-5-14(23-13)16(20)19-22-15-3-1-2-6-21-15/h4-5,7-9,15H,1-3,6H2,(H,19,20)/t15-/m1/s1. The molecule has 1 atom stereocenters. The first kappa shape index (κ1) is 16.7. The Morgan fingerprint density at radius 3 is 2.70 bits per heavy atom. The minimum Gasteiger partial charge on any atom is -0.350 e. The Kier molecular flexibility index (Phi) is 5.56. The summed E-state index contributed by atoms with van der Waals surface area (Å²) in [7, 11) is 0. The van der Waals surface area contributed by atoms with Gasteiger partial charge in [0.05, 0.1) is 4.88 Å². The monoisotopic (exact) mass is 371 g/mol. The minimum atomic E-state index is -0.362. The van der Waals surface area contributed by atoms with Crippen LogP contribution >= 0.6 is 34.5 Å². The van der Waals surface area contributed by atoms with E-state index in [0.717, 1.165) is 29.7 Å². The fourth-order valence-corrected chi connectivity index (χ4v) is 3.69. The molecule has 1 amide bonds. The summed E-state index contributed by atoms with van der Waals surface area (Å²) < 4.78 is 5.40. The van der Waals surface area contributed by atoms with Gasteiger partial charge in [-0.15, -0.1) is 11.3 Å². The van der Waals surface area contributed by atoms with Crippen LogP contribution in [0.1, 0.15) is 28.9 Å². The highest BCUT2D eigenvalue weighted by molar-refractivity contribution is 7.17. The third kappa shape index (κ3) is 4.46. The Labute approximate surface area is 148 Å². The van der Waals surface area contributed by atoms with E-state index in [0.29, 0.717) is 21.5 Å². The van der Waals surface area contributed by atoms with Gasteiger partial charge in [0.2, 0.25) is 0 Å². The normalized spacial score (nSPS) is 17.9. The van der Waals surface area contributed by atoms with Crippen molar-refractivity contribution in [3.63, 3.8) is 0 Å². The Bertz CT molecular complexity index is 678. The molecule has 2 aromatic rings. The maximum Gasteiger partial charge on any atom is 0.285 e. The van der Waals surface area contributed by atoms with Gasteiger partial charge in [-0.1, -0.05) is 23.2 Å². The highest BCUT2D eigenvalue weighted by Crippen LogP contribution is 2.32. The van der Waals surface area contributed by atoms with Crippen molar-refractivity contribution in [2.24, 2.45) is 0 Å². The average Bonchev–Trinajstić information content (AvgIpc) is 3.03. The molecule has 0 radical (unpaired) electrons. The smallest absolute Gasteiger partial charge is 0.285 e. The van der Waals surface area contributed by atoms with Crippen LogP contribution in [0.5, 0.6) is 0 Å². The summed E-state index contributed by atoms with van der Waals surface area (Å²) in [5.41, 5.74) is 3.33. The summed E-state index contributed by atoms with van der Waals surface area (Å²) in [6.45, 7) is 0.666. The van der Waals surface area contributed by atoms with E-state index in [1.165, 1.54) is 11.3 Å². The number of hydroxylamine groups is 1. The first-order valence-corrected chi connectivity index (χ1v) is 8.83. The molecule has 1 aromatic carbocycles. The third-order valence-electron chi connectivity index (χ3n) is 3.40. The molecule has 1 aliphatic heterocycles. The van der Waals surface area contributed by atoms with Crippen molar-refractivity contribution in [3.05, 3.63) is 45.3 Å². The van der Waals surface area contributed by atoms with Gasteiger partial charge in [0, 0.05) is 28.0 Å². The predicted molar refractivity (Wildman–Crippen MR) is 91.9 cm³/mol. The van der Waals surface area contributed by atoms with Crippen molar-refractivity contribution in [3.8, 4) is 10.4 Å². The molecule has 0 aliphatic carbocycles. The molecule has 0 saturated carbocycles. The Morgan fingerprint density at radius 2 is 2.00 bits per heavy atom. The van der Waals surface area contributed by atoms with E-state index >= 15 is 0 Å². The molecule has 4 nitrogen and oxygen atoms in total. The van der Waals surface area contributed by atoms with Crippen LogP contribution in [-0.4, -0.2) is 18.8 Å². The van der Waals surface area contributed by atoms with E-state index < -0.39 is 0 Å². The predicted octanol–water partition coefficient (Wildman–Crippen LogP) is 4.91. The van der Waals surface area contributed by atoms with Crippen molar-refractivity contribution in [2.45, 2.75) is 25.6 Å². The number of nitrogens with one attached hydrogen (secondary N) is 1. The zero-order chi connectivity index (χ0) is 16.2. The molecular weight excluding hydrogens is 357 g/mol. The molecule has 7 heteroatoms. The second kappa shape index (κ2) is 7.64. The fourth-order valence-electron chi connectivity index (χ4n) is 2.28. The van der Waals surface area contributed by atoms with Crippen molar-refractivity contribution < 1.29 is 14.4 Å². The van der Waals surface area contributed by atoms with E-state index in [4.69, 9.17) is 32.8 Å². The molecule has 0 unspecified atom stereocenters. The molecule has 1 aliphatic rings. The number of benzene rings is 1. The van der Waals surface area contributed by atoms with E-state index in [9.17, 15) is 4.79 Å². The maximum atomic E-state index is 12.1. The van der Waals surface area contributed by atoms with Crippen LogP contribution < -0.4 is 5.48 Å². The average molecular weight is 372 g/mol. The number of rotatable bonds is 4. The second-order valence-electron chi connectivity index (χ2n) is 5.17. The Balaban J connectivity index is 1.64. The van der Waals surface area contributed by atoms with Gasteiger partial charge in [0.25, 0.3) is 5.91 Å². The molecule has 1 N–H and O–H groups in total. The number of halogens is 2. The minimum absolute atomic E-state index is 0.288. The van der Waals surface area contributed by atoms with E-state index in [1.807, 2.05) is 18.2 Å². The third-order valence-corrected chi connectivity index (χ3v) is 4.97. The lowest BCUT2D eigenvalue weighted by Crippen LogP contribution is -2.32. The molecule has 1 aromatic heterocycles. The van der Waals surface area contributed by atoms with Crippen LogP contribution in [0.25, 0.3) is 10.4 Å². The first-order chi connectivity index (χ1) is 11.1. The quantitative estimate of drug-likeness (QED) is 0.776. The summed E-state index contributed by atoms with van der Waals surface area (Å²) in [4.78, 5) is 18.9. The van der Waals surface area contributed by atoms with Gasteiger partial charge in [-0.25, -0.2) is 10.3 Å². The van der Waals surface area contributed by atoms with Gasteiger partial charge < -0.3 is 4.74 Å². The van der Waals surface area contributed by atoms with Gasteiger partial charge in [-0.2, -0.15) is 0 Å². The first-order valence-electron chi connectivity index (χ1n) is 7.26. The molecule has 23 heavy (non-hydrogen) atoms. The number of hydrogen-bond donors (Lipinski definition) is 1. The zero-order valence-corrected chi connectivity index (χ0v) is 14.5. The van der Waals surface area contributed by atoms with Crippen molar-refractivity contribution in [2.75, 3.05) is 6.61 Å².